The average molecular weight is 274 g/mol. The number of amides is 1. The van der Waals surface area contributed by atoms with Crippen LogP contribution < -0.4 is 0 Å². The van der Waals surface area contributed by atoms with Crippen molar-refractivity contribution in [2.24, 2.45) is 5.92 Å². The summed E-state index contributed by atoms with van der Waals surface area (Å²) in [5, 5.41) is 0. The molecule has 0 spiro atoms. The molecule has 1 aromatic heterocycles. The first-order valence-corrected chi connectivity index (χ1v) is 6.91. The molecule has 1 unspecified atom stereocenters. The van der Waals surface area contributed by atoms with Crippen LogP contribution in [-0.4, -0.2) is 40.5 Å². The Balaban J connectivity index is 1.93. The predicted octanol–water partition coefficient (Wildman–Crippen LogP) is 1.64. The lowest BCUT2D eigenvalue weighted by atomic mass is 9.64. The molecule has 0 aromatic carbocycles. The molecule has 106 valence electrons. The third kappa shape index (κ3) is 1.72. The van der Waals surface area contributed by atoms with Gasteiger partial charge in [-0.1, -0.05) is 13.0 Å². The van der Waals surface area contributed by atoms with E-state index in [1.807, 2.05) is 0 Å². The quantitative estimate of drug-likeness (QED) is 0.769. The van der Waals surface area contributed by atoms with Gasteiger partial charge in [0.05, 0.1) is 7.11 Å². The maximum absolute atomic E-state index is 12.6. The van der Waals surface area contributed by atoms with Crippen LogP contribution in [0.15, 0.2) is 24.4 Å². The molecule has 2 aliphatic rings. The van der Waals surface area contributed by atoms with Crippen molar-refractivity contribution in [1.29, 1.82) is 0 Å². The number of hydrogen-bond acceptors (Lipinski definition) is 4. The third-order valence-corrected chi connectivity index (χ3v) is 4.43. The number of carbonyl (C=O) groups excluding carboxylic acids is 2. The molecule has 1 aliphatic heterocycles. The van der Waals surface area contributed by atoms with E-state index in [1.54, 1.807) is 29.3 Å². The first-order valence-electron chi connectivity index (χ1n) is 6.91. The second-order valence-electron chi connectivity index (χ2n) is 5.82. The fraction of sp³-hybridized carbons (Fsp3) is 0.533. The number of fused-ring (bicyclic) bond motifs is 2. The Morgan fingerprint density at radius 1 is 1.40 bits per heavy atom. The molecule has 5 heteroatoms. The van der Waals surface area contributed by atoms with Gasteiger partial charge in [-0.15, -0.1) is 0 Å². The number of nitrogens with zero attached hydrogens (tertiary/aromatic N) is 2. The topological polar surface area (TPSA) is 59.5 Å². The zero-order valence-corrected chi connectivity index (χ0v) is 11.7. The van der Waals surface area contributed by atoms with E-state index in [9.17, 15) is 9.59 Å². The van der Waals surface area contributed by atoms with E-state index in [0.717, 1.165) is 6.42 Å². The van der Waals surface area contributed by atoms with Crippen molar-refractivity contribution in [3.63, 3.8) is 0 Å². The molecule has 2 heterocycles. The maximum atomic E-state index is 12.6. The van der Waals surface area contributed by atoms with Crippen molar-refractivity contribution in [2.45, 2.75) is 37.8 Å². The number of rotatable bonds is 2. The highest BCUT2D eigenvalue weighted by Crippen LogP contribution is 2.50. The van der Waals surface area contributed by atoms with Gasteiger partial charge in [-0.25, -0.2) is 4.79 Å². The van der Waals surface area contributed by atoms with Gasteiger partial charge in [-0.05, 0) is 30.9 Å². The number of esters is 1. The highest BCUT2D eigenvalue weighted by molar-refractivity contribution is 5.98. The van der Waals surface area contributed by atoms with E-state index in [4.69, 9.17) is 4.74 Å². The Labute approximate surface area is 117 Å². The van der Waals surface area contributed by atoms with Crippen LogP contribution in [0.2, 0.25) is 0 Å². The molecule has 3 rings (SSSR count). The minimum atomic E-state index is -0.772. The Morgan fingerprint density at radius 2 is 2.20 bits per heavy atom. The number of likely N-dealkylation sites (tertiary alicyclic amines) is 1. The van der Waals surface area contributed by atoms with E-state index in [2.05, 4.69) is 11.9 Å². The van der Waals surface area contributed by atoms with Crippen LogP contribution in [0.1, 0.15) is 36.7 Å². The van der Waals surface area contributed by atoms with E-state index in [1.165, 1.54) is 7.11 Å². The maximum Gasteiger partial charge on any atom is 0.331 e. The molecule has 3 atom stereocenters. The smallest absolute Gasteiger partial charge is 0.331 e. The van der Waals surface area contributed by atoms with Gasteiger partial charge in [0.1, 0.15) is 11.2 Å². The minimum Gasteiger partial charge on any atom is -0.467 e. The first-order chi connectivity index (χ1) is 9.58. The van der Waals surface area contributed by atoms with Crippen molar-refractivity contribution < 1.29 is 14.3 Å². The van der Waals surface area contributed by atoms with Crippen LogP contribution in [0.5, 0.6) is 0 Å². The summed E-state index contributed by atoms with van der Waals surface area (Å²) in [6.45, 7) is 2.12. The summed E-state index contributed by atoms with van der Waals surface area (Å²) in [4.78, 5) is 30.6. The zero-order valence-electron chi connectivity index (χ0n) is 11.7. The van der Waals surface area contributed by atoms with E-state index in [0.29, 0.717) is 24.5 Å². The van der Waals surface area contributed by atoms with Gasteiger partial charge >= 0.3 is 5.97 Å². The molecule has 1 saturated heterocycles. The fourth-order valence-electron chi connectivity index (χ4n) is 3.74. The summed E-state index contributed by atoms with van der Waals surface area (Å²) in [6.07, 6.45) is 3.92. The van der Waals surface area contributed by atoms with Gasteiger partial charge in [0.2, 0.25) is 0 Å². The zero-order chi connectivity index (χ0) is 14.3. The molecule has 1 aliphatic carbocycles. The van der Waals surface area contributed by atoms with Crippen LogP contribution >= 0.6 is 0 Å². The standard InChI is InChI=1S/C15H18N2O3/c1-10-7-11-9-15(8-10,14(19)20-2)17(11)13(18)12-5-3-4-6-16-12/h3-6,10-11H,7-9H2,1-2H3/t10?,11-,15+/m0/s1. The Kier molecular flexibility index (Phi) is 3.00. The number of aromatic nitrogens is 1. The van der Waals surface area contributed by atoms with Crippen molar-refractivity contribution in [3.05, 3.63) is 30.1 Å². The second kappa shape index (κ2) is 4.58. The highest BCUT2D eigenvalue weighted by atomic mass is 16.5. The van der Waals surface area contributed by atoms with Crippen molar-refractivity contribution in [2.75, 3.05) is 7.11 Å². The Bertz CT molecular complexity index is 545. The van der Waals surface area contributed by atoms with Crippen LogP contribution in [0.25, 0.3) is 0 Å². The lowest BCUT2D eigenvalue weighted by Gasteiger charge is -2.61. The number of methoxy groups -OCH3 is 1. The summed E-state index contributed by atoms with van der Waals surface area (Å²) in [7, 11) is 1.38. The van der Waals surface area contributed by atoms with Gasteiger partial charge in [0, 0.05) is 18.7 Å². The number of hydrogen-bond donors (Lipinski definition) is 0. The fourth-order valence-corrected chi connectivity index (χ4v) is 3.74. The Hall–Kier alpha value is -1.91. The van der Waals surface area contributed by atoms with Crippen LogP contribution in [0, 0.1) is 5.92 Å². The summed E-state index contributed by atoms with van der Waals surface area (Å²) >= 11 is 0. The SMILES string of the molecule is COC(=O)[C@@]12CC(C)C[C@@H](C1)N2C(=O)c1ccccn1. The molecular weight excluding hydrogens is 256 g/mol. The lowest BCUT2D eigenvalue weighted by molar-refractivity contribution is -0.178. The third-order valence-electron chi connectivity index (χ3n) is 4.43. The van der Waals surface area contributed by atoms with E-state index < -0.39 is 5.54 Å². The number of ether oxygens (including phenoxy) is 1. The van der Waals surface area contributed by atoms with Crippen molar-refractivity contribution in [1.82, 2.24) is 9.88 Å². The molecule has 0 N–H and O–H groups in total. The molecule has 2 fully saturated rings. The molecule has 1 amide bonds. The average Bonchev–Trinajstić information content (AvgIpc) is 2.46. The van der Waals surface area contributed by atoms with Gasteiger partial charge in [0.15, 0.2) is 0 Å². The summed E-state index contributed by atoms with van der Waals surface area (Å²) in [5.41, 5.74) is -0.383. The highest BCUT2D eigenvalue weighted by Gasteiger charge is 2.63. The first kappa shape index (κ1) is 13.1. The van der Waals surface area contributed by atoms with Crippen molar-refractivity contribution >= 4 is 11.9 Å². The van der Waals surface area contributed by atoms with Gasteiger partial charge in [-0.2, -0.15) is 0 Å². The molecule has 2 bridgehead atoms. The molecule has 5 nitrogen and oxygen atoms in total. The van der Waals surface area contributed by atoms with Gasteiger partial charge in [0.25, 0.3) is 5.91 Å². The van der Waals surface area contributed by atoms with Crippen molar-refractivity contribution in [3.8, 4) is 0 Å². The van der Waals surface area contributed by atoms with Crippen LogP contribution in [-0.2, 0) is 9.53 Å². The van der Waals surface area contributed by atoms with Gasteiger partial charge < -0.3 is 9.64 Å². The largest absolute Gasteiger partial charge is 0.467 e. The normalized spacial score (nSPS) is 31.4. The molecule has 1 aromatic rings. The van der Waals surface area contributed by atoms with Gasteiger partial charge in [-0.3, -0.25) is 9.78 Å². The number of carbonyl (C=O) groups is 2. The molecule has 0 radical (unpaired) electrons. The monoisotopic (exact) mass is 274 g/mol. The predicted molar refractivity (Wildman–Crippen MR) is 72.0 cm³/mol. The number of pyridine rings is 1. The summed E-state index contributed by atoms with van der Waals surface area (Å²) in [6, 6.07) is 5.37. The second-order valence-corrected chi connectivity index (χ2v) is 5.82. The molecule has 20 heavy (non-hydrogen) atoms. The minimum absolute atomic E-state index is 0.132. The number of piperidine rings is 1. The van der Waals surface area contributed by atoms with E-state index >= 15 is 0 Å². The lowest BCUT2D eigenvalue weighted by Crippen LogP contribution is -2.75. The summed E-state index contributed by atoms with van der Waals surface area (Å²) < 4.78 is 4.94. The molecular formula is C15H18N2O3. The van der Waals surface area contributed by atoms with Crippen LogP contribution in [0.3, 0.4) is 0 Å². The summed E-state index contributed by atoms with van der Waals surface area (Å²) in [5.74, 6) is -0.0376. The van der Waals surface area contributed by atoms with E-state index in [-0.39, 0.29) is 17.9 Å². The molecule has 1 saturated carbocycles. The van der Waals surface area contributed by atoms with Crippen LogP contribution in [0.4, 0.5) is 0 Å². The Morgan fingerprint density at radius 3 is 2.85 bits per heavy atom.